The number of carboxylic acid groups (broad SMARTS) is 1. The van der Waals surface area contributed by atoms with Crippen LogP contribution in [0.5, 0.6) is 5.75 Å². The molecule has 1 fully saturated rings. The quantitative estimate of drug-likeness (QED) is 0.361. The third-order valence-corrected chi connectivity index (χ3v) is 5.29. The van der Waals surface area contributed by atoms with Gasteiger partial charge >= 0.3 is 5.97 Å². The van der Waals surface area contributed by atoms with Crippen molar-refractivity contribution in [3.63, 3.8) is 0 Å². The molecule has 0 bridgehead atoms. The van der Waals surface area contributed by atoms with E-state index in [4.69, 9.17) is 4.74 Å². The molecule has 4 rings (SSSR count). The van der Waals surface area contributed by atoms with Crippen LogP contribution in [0.2, 0.25) is 0 Å². The molecule has 1 aliphatic rings. The van der Waals surface area contributed by atoms with Crippen LogP contribution < -0.4 is 9.64 Å². The largest absolute Gasteiger partial charge is 0.507 e. The minimum absolute atomic E-state index is 0.0219. The number of ether oxygens (including phenoxy) is 1. The Morgan fingerprint density at radius 2 is 1.56 bits per heavy atom. The second-order valence-electron chi connectivity index (χ2n) is 7.16. The van der Waals surface area contributed by atoms with E-state index in [1.165, 1.54) is 30.2 Å². The van der Waals surface area contributed by atoms with Gasteiger partial charge in [0.15, 0.2) is 0 Å². The second kappa shape index (κ2) is 8.39. The first kappa shape index (κ1) is 20.9. The molecule has 1 saturated heterocycles. The van der Waals surface area contributed by atoms with Crippen LogP contribution in [0, 0.1) is 0 Å². The first-order chi connectivity index (χ1) is 15.4. The summed E-state index contributed by atoms with van der Waals surface area (Å²) in [6.07, 6.45) is 0. The number of hydrogen-bond donors (Lipinski definition) is 2. The van der Waals surface area contributed by atoms with Gasteiger partial charge in [0.25, 0.3) is 11.7 Å². The Bertz CT molecular complexity index is 1230. The fourth-order valence-corrected chi connectivity index (χ4v) is 3.74. The summed E-state index contributed by atoms with van der Waals surface area (Å²) in [5.74, 6) is -2.61. The molecule has 0 spiro atoms. The molecule has 1 atom stereocenters. The second-order valence-corrected chi connectivity index (χ2v) is 7.16. The summed E-state index contributed by atoms with van der Waals surface area (Å²) in [7, 11) is 1.51. The fraction of sp³-hybridized carbons (Fsp3) is 0.0800. The Kier molecular flexibility index (Phi) is 5.47. The highest BCUT2D eigenvalue weighted by Crippen LogP contribution is 2.42. The van der Waals surface area contributed by atoms with Gasteiger partial charge < -0.3 is 14.9 Å². The Balaban J connectivity index is 1.92. The number of carboxylic acids is 1. The maximum atomic E-state index is 13.1. The zero-order valence-electron chi connectivity index (χ0n) is 17.1. The van der Waals surface area contributed by atoms with Gasteiger partial charge in [-0.15, -0.1) is 0 Å². The SMILES string of the molecule is COc1ccc(/C(O)=C2\C(=O)C(=O)N(c3cccc(C(=O)O)c3)[C@@H]2c2ccccc2)cc1. The van der Waals surface area contributed by atoms with E-state index in [1.54, 1.807) is 60.7 Å². The van der Waals surface area contributed by atoms with Gasteiger partial charge in [0.05, 0.1) is 24.3 Å². The van der Waals surface area contributed by atoms with Crippen LogP contribution in [0.1, 0.15) is 27.5 Å². The summed E-state index contributed by atoms with van der Waals surface area (Å²) in [5, 5.41) is 20.4. The Labute approximate surface area is 183 Å². The summed E-state index contributed by atoms with van der Waals surface area (Å²) in [4.78, 5) is 38.8. The monoisotopic (exact) mass is 429 g/mol. The average Bonchev–Trinajstić information content (AvgIpc) is 3.09. The van der Waals surface area contributed by atoms with Crippen molar-refractivity contribution in [1.82, 2.24) is 0 Å². The first-order valence-electron chi connectivity index (χ1n) is 9.76. The standard InChI is InChI=1S/C25H19NO6/c1-32-19-12-10-16(11-13-19)22(27)20-21(15-6-3-2-4-7-15)26(24(29)23(20)28)18-9-5-8-17(14-18)25(30)31/h2-14,21,27H,1H3,(H,30,31)/b22-20+/t21-/m1/s1. The van der Waals surface area contributed by atoms with Crippen LogP contribution in [0.4, 0.5) is 5.69 Å². The van der Waals surface area contributed by atoms with Gasteiger partial charge in [-0.25, -0.2) is 4.79 Å². The van der Waals surface area contributed by atoms with Gasteiger partial charge in [0, 0.05) is 11.3 Å². The van der Waals surface area contributed by atoms with Crippen LogP contribution in [-0.4, -0.2) is 35.0 Å². The first-order valence-corrected chi connectivity index (χ1v) is 9.76. The Hall–Kier alpha value is -4.39. The minimum Gasteiger partial charge on any atom is -0.507 e. The normalized spacial score (nSPS) is 17.4. The third-order valence-electron chi connectivity index (χ3n) is 5.29. The molecule has 0 aromatic heterocycles. The highest BCUT2D eigenvalue weighted by atomic mass is 16.5. The number of aliphatic hydroxyl groups is 1. The maximum absolute atomic E-state index is 13.1. The molecule has 7 heteroatoms. The number of benzene rings is 3. The highest BCUT2D eigenvalue weighted by molar-refractivity contribution is 6.51. The van der Waals surface area contributed by atoms with Gasteiger partial charge in [0.2, 0.25) is 0 Å². The molecule has 160 valence electrons. The summed E-state index contributed by atoms with van der Waals surface area (Å²) in [5.41, 5.74) is 1.10. The summed E-state index contributed by atoms with van der Waals surface area (Å²) >= 11 is 0. The van der Waals surface area contributed by atoms with Crippen LogP contribution in [0.3, 0.4) is 0 Å². The van der Waals surface area contributed by atoms with E-state index in [0.717, 1.165) is 0 Å². The molecule has 32 heavy (non-hydrogen) atoms. The van der Waals surface area contributed by atoms with Crippen LogP contribution in [0.25, 0.3) is 5.76 Å². The molecule has 7 nitrogen and oxygen atoms in total. The van der Waals surface area contributed by atoms with Crippen molar-refractivity contribution in [1.29, 1.82) is 0 Å². The number of rotatable bonds is 5. The number of anilines is 1. The lowest BCUT2D eigenvalue weighted by Gasteiger charge is -2.25. The third kappa shape index (κ3) is 3.60. The molecule has 0 unspecified atom stereocenters. The molecule has 1 amide bonds. The minimum atomic E-state index is -1.15. The molecular weight excluding hydrogens is 410 g/mol. The molecule has 1 heterocycles. The smallest absolute Gasteiger partial charge is 0.335 e. The molecule has 3 aromatic carbocycles. The van der Waals surface area contributed by atoms with Crippen molar-refractivity contribution in [2.24, 2.45) is 0 Å². The van der Waals surface area contributed by atoms with Gasteiger partial charge in [-0.05, 0) is 48.0 Å². The van der Waals surface area contributed by atoms with E-state index in [1.807, 2.05) is 0 Å². The van der Waals surface area contributed by atoms with Crippen LogP contribution in [-0.2, 0) is 9.59 Å². The van der Waals surface area contributed by atoms with E-state index in [-0.39, 0.29) is 22.6 Å². The zero-order chi connectivity index (χ0) is 22.8. The number of aliphatic hydroxyl groups excluding tert-OH is 1. The molecule has 2 N–H and O–H groups in total. The maximum Gasteiger partial charge on any atom is 0.335 e. The average molecular weight is 429 g/mol. The molecule has 0 radical (unpaired) electrons. The van der Waals surface area contributed by atoms with Crippen molar-refractivity contribution in [2.45, 2.75) is 6.04 Å². The number of ketones is 1. The predicted molar refractivity (Wildman–Crippen MR) is 118 cm³/mol. The number of amides is 1. The topological polar surface area (TPSA) is 104 Å². The van der Waals surface area contributed by atoms with Crippen molar-refractivity contribution < 1.29 is 29.3 Å². The van der Waals surface area contributed by atoms with Gasteiger partial charge in [-0.1, -0.05) is 36.4 Å². The molecule has 0 aliphatic carbocycles. The van der Waals surface area contributed by atoms with Gasteiger partial charge in [-0.2, -0.15) is 0 Å². The van der Waals surface area contributed by atoms with E-state index in [0.29, 0.717) is 16.9 Å². The molecule has 0 saturated carbocycles. The van der Waals surface area contributed by atoms with Crippen molar-refractivity contribution in [3.8, 4) is 5.75 Å². The number of aromatic carboxylic acids is 1. The van der Waals surface area contributed by atoms with Crippen molar-refractivity contribution >= 4 is 29.1 Å². The number of carbonyl (C=O) groups is 3. The lowest BCUT2D eigenvalue weighted by Crippen LogP contribution is -2.29. The van der Waals surface area contributed by atoms with E-state index in [2.05, 4.69) is 0 Å². The molecule has 3 aromatic rings. The van der Waals surface area contributed by atoms with E-state index >= 15 is 0 Å². The highest BCUT2D eigenvalue weighted by Gasteiger charge is 2.47. The Morgan fingerprint density at radius 1 is 0.875 bits per heavy atom. The van der Waals surface area contributed by atoms with Crippen LogP contribution in [0.15, 0.2) is 84.4 Å². The van der Waals surface area contributed by atoms with Crippen molar-refractivity contribution in [3.05, 3.63) is 101 Å². The number of carbonyl (C=O) groups excluding carboxylic acids is 2. The van der Waals surface area contributed by atoms with Crippen molar-refractivity contribution in [2.75, 3.05) is 12.0 Å². The summed E-state index contributed by atoms with van der Waals surface area (Å²) < 4.78 is 5.13. The van der Waals surface area contributed by atoms with Gasteiger partial charge in [0.1, 0.15) is 11.5 Å². The zero-order valence-corrected chi connectivity index (χ0v) is 17.1. The Morgan fingerprint density at radius 3 is 2.19 bits per heavy atom. The number of Topliss-reactive ketones (excluding diaryl/α,β-unsaturated/α-hetero) is 1. The lowest BCUT2D eigenvalue weighted by atomic mass is 9.95. The number of nitrogens with zero attached hydrogens (tertiary/aromatic N) is 1. The number of methoxy groups -OCH3 is 1. The van der Waals surface area contributed by atoms with Crippen LogP contribution >= 0.6 is 0 Å². The summed E-state index contributed by atoms with van der Waals surface area (Å²) in [6.45, 7) is 0. The summed E-state index contributed by atoms with van der Waals surface area (Å²) in [6, 6.07) is 20.1. The molecular formula is C25H19NO6. The predicted octanol–water partition coefficient (Wildman–Crippen LogP) is 4.02. The van der Waals surface area contributed by atoms with E-state index in [9.17, 15) is 24.6 Å². The van der Waals surface area contributed by atoms with E-state index < -0.39 is 23.7 Å². The molecule has 1 aliphatic heterocycles. The number of hydrogen-bond acceptors (Lipinski definition) is 5. The van der Waals surface area contributed by atoms with Gasteiger partial charge in [-0.3, -0.25) is 14.5 Å². The lowest BCUT2D eigenvalue weighted by molar-refractivity contribution is -0.132. The fourth-order valence-electron chi connectivity index (χ4n) is 3.74.